The topological polar surface area (TPSA) is 29.9 Å². The van der Waals surface area contributed by atoms with E-state index in [0.29, 0.717) is 5.92 Å². The lowest BCUT2D eigenvalue weighted by molar-refractivity contribution is 0.488. The summed E-state index contributed by atoms with van der Waals surface area (Å²) in [5.74, 6) is 0.703. The van der Waals surface area contributed by atoms with E-state index in [1.165, 1.54) is 57.1 Å². The smallest absolute Gasteiger partial charge is 0.0522 e. The number of hydrogen-bond donors (Lipinski definition) is 1. The third-order valence-corrected chi connectivity index (χ3v) is 3.89. The fourth-order valence-electron chi connectivity index (χ4n) is 2.60. The minimum absolute atomic E-state index is 0.703. The van der Waals surface area contributed by atoms with Gasteiger partial charge in [-0.15, -0.1) is 0 Å². The van der Waals surface area contributed by atoms with Crippen LogP contribution in [-0.2, 0) is 13.1 Å². The van der Waals surface area contributed by atoms with Crippen molar-refractivity contribution in [3.63, 3.8) is 0 Å². The molecule has 0 aromatic carbocycles. The SMILES string of the molecule is CCCCCCCCCCn1nccc1CNCC(C)C. The first-order chi connectivity index (χ1) is 10.2. The van der Waals surface area contributed by atoms with Crippen LogP contribution in [0.15, 0.2) is 12.3 Å². The molecule has 3 heteroatoms. The number of aryl methyl sites for hydroxylation is 1. The van der Waals surface area contributed by atoms with Gasteiger partial charge in [-0.2, -0.15) is 5.10 Å². The van der Waals surface area contributed by atoms with Gasteiger partial charge in [0, 0.05) is 19.3 Å². The van der Waals surface area contributed by atoms with Crippen LogP contribution in [0, 0.1) is 5.92 Å². The number of rotatable bonds is 13. The first-order valence-electron chi connectivity index (χ1n) is 8.95. The van der Waals surface area contributed by atoms with E-state index in [1.807, 2.05) is 6.20 Å². The molecule has 0 amide bonds. The zero-order valence-corrected chi connectivity index (χ0v) is 14.4. The first-order valence-corrected chi connectivity index (χ1v) is 8.95. The third kappa shape index (κ3) is 8.92. The number of nitrogens with zero attached hydrogens (tertiary/aromatic N) is 2. The Labute approximate surface area is 131 Å². The van der Waals surface area contributed by atoms with E-state index in [2.05, 4.69) is 41.9 Å². The Balaban J connectivity index is 2.08. The van der Waals surface area contributed by atoms with Gasteiger partial charge < -0.3 is 5.32 Å². The summed E-state index contributed by atoms with van der Waals surface area (Å²) in [7, 11) is 0. The van der Waals surface area contributed by atoms with Crippen LogP contribution in [0.2, 0.25) is 0 Å². The van der Waals surface area contributed by atoms with E-state index in [9.17, 15) is 0 Å². The van der Waals surface area contributed by atoms with Crippen molar-refractivity contribution in [1.29, 1.82) is 0 Å². The van der Waals surface area contributed by atoms with Crippen LogP contribution >= 0.6 is 0 Å². The van der Waals surface area contributed by atoms with Crippen LogP contribution in [0.1, 0.15) is 77.8 Å². The molecule has 0 bridgehead atoms. The number of hydrogen-bond acceptors (Lipinski definition) is 2. The summed E-state index contributed by atoms with van der Waals surface area (Å²) in [4.78, 5) is 0. The Morgan fingerprint density at radius 3 is 2.38 bits per heavy atom. The molecule has 122 valence electrons. The Morgan fingerprint density at radius 2 is 1.71 bits per heavy atom. The highest BCUT2D eigenvalue weighted by Crippen LogP contribution is 2.09. The zero-order chi connectivity index (χ0) is 15.3. The third-order valence-electron chi connectivity index (χ3n) is 3.89. The second kappa shape index (κ2) is 11.8. The molecule has 1 N–H and O–H groups in total. The summed E-state index contributed by atoms with van der Waals surface area (Å²) < 4.78 is 2.17. The van der Waals surface area contributed by atoms with Gasteiger partial charge in [-0.05, 0) is 24.9 Å². The van der Waals surface area contributed by atoms with E-state index in [0.717, 1.165) is 19.6 Å². The minimum atomic E-state index is 0.703. The molecule has 1 heterocycles. The van der Waals surface area contributed by atoms with Crippen LogP contribution in [-0.4, -0.2) is 16.3 Å². The Hall–Kier alpha value is -0.830. The summed E-state index contributed by atoms with van der Waals surface area (Å²) in [6.07, 6.45) is 12.9. The van der Waals surface area contributed by atoms with Crippen LogP contribution in [0.25, 0.3) is 0 Å². The van der Waals surface area contributed by atoms with Gasteiger partial charge in [0.05, 0.1) is 5.69 Å². The van der Waals surface area contributed by atoms with Gasteiger partial charge >= 0.3 is 0 Å². The lowest BCUT2D eigenvalue weighted by atomic mass is 10.1. The van der Waals surface area contributed by atoms with Crippen molar-refractivity contribution in [2.75, 3.05) is 6.54 Å². The lowest BCUT2D eigenvalue weighted by Crippen LogP contribution is -2.21. The van der Waals surface area contributed by atoms with E-state index in [-0.39, 0.29) is 0 Å². The Kier molecular flexibility index (Phi) is 10.2. The molecule has 0 aliphatic carbocycles. The van der Waals surface area contributed by atoms with Gasteiger partial charge in [0.25, 0.3) is 0 Å². The van der Waals surface area contributed by atoms with Crippen molar-refractivity contribution in [1.82, 2.24) is 15.1 Å². The second-order valence-corrected chi connectivity index (χ2v) is 6.55. The van der Waals surface area contributed by atoms with Gasteiger partial charge in [0.2, 0.25) is 0 Å². The van der Waals surface area contributed by atoms with Crippen LogP contribution in [0.3, 0.4) is 0 Å². The van der Waals surface area contributed by atoms with E-state index >= 15 is 0 Å². The maximum Gasteiger partial charge on any atom is 0.0522 e. The molecule has 0 spiro atoms. The van der Waals surface area contributed by atoms with E-state index in [4.69, 9.17) is 0 Å². The summed E-state index contributed by atoms with van der Waals surface area (Å²) in [5.41, 5.74) is 1.32. The van der Waals surface area contributed by atoms with Crippen LogP contribution in [0.5, 0.6) is 0 Å². The molecule has 0 saturated heterocycles. The average Bonchev–Trinajstić information content (AvgIpc) is 2.89. The van der Waals surface area contributed by atoms with E-state index in [1.54, 1.807) is 0 Å². The molecular formula is C18H35N3. The Bertz CT molecular complexity index is 344. The molecule has 0 saturated carbocycles. The predicted molar refractivity (Wildman–Crippen MR) is 91.4 cm³/mol. The fraction of sp³-hybridized carbons (Fsp3) is 0.833. The quantitative estimate of drug-likeness (QED) is 0.531. The Morgan fingerprint density at radius 1 is 1.05 bits per heavy atom. The lowest BCUT2D eigenvalue weighted by Gasteiger charge is -2.10. The normalized spacial score (nSPS) is 11.4. The number of nitrogens with one attached hydrogen (secondary N) is 1. The summed E-state index contributed by atoms with van der Waals surface area (Å²) in [6, 6.07) is 2.14. The van der Waals surface area contributed by atoms with Crippen LogP contribution in [0.4, 0.5) is 0 Å². The highest BCUT2D eigenvalue weighted by molar-refractivity contribution is 4.99. The first kappa shape index (κ1) is 18.2. The molecule has 0 fully saturated rings. The standard InChI is InChI=1S/C18H35N3/c1-4-5-6-7-8-9-10-11-14-21-18(12-13-20-21)16-19-15-17(2)3/h12-13,17,19H,4-11,14-16H2,1-3H3. The van der Waals surface area contributed by atoms with Crippen LogP contribution < -0.4 is 5.32 Å². The molecule has 0 aliphatic heterocycles. The molecule has 0 radical (unpaired) electrons. The number of unbranched alkanes of at least 4 members (excludes halogenated alkanes) is 7. The largest absolute Gasteiger partial charge is 0.311 e. The molecular weight excluding hydrogens is 258 g/mol. The molecule has 1 aromatic rings. The van der Waals surface area contributed by atoms with Crippen molar-refractivity contribution in [2.24, 2.45) is 5.92 Å². The highest BCUT2D eigenvalue weighted by atomic mass is 15.3. The fourth-order valence-corrected chi connectivity index (χ4v) is 2.60. The predicted octanol–water partition coefficient (Wildman–Crippen LogP) is 4.77. The van der Waals surface area contributed by atoms with Gasteiger partial charge in [0.1, 0.15) is 0 Å². The van der Waals surface area contributed by atoms with E-state index < -0.39 is 0 Å². The second-order valence-electron chi connectivity index (χ2n) is 6.55. The van der Waals surface area contributed by atoms with Gasteiger partial charge in [-0.3, -0.25) is 4.68 Å². The van der Waals surface area contributed by atoms with Crippen molar-refractivity contribution >= 4 is 0 Å². The summed E-state index contributed by atoms with van der Waals surface area (Å²) in [6.45, 7) is 9.84. The molecule has 0 unspecified atom stereocenters. The highest BCUT2D eigenvalue weighted by Gasteiger charge is 2.02. The molecule has 1 aromatic heterocycles. The van der Waals surface area contributed by atoms with Gasteiger partial charge in [-0.25, -0.2) is 0 Å². The maximum absolute atomic E-state index is 4.45. The molecule has 0 atom stereocenters. The van der Waals surface area contributed by atoms with Crippen molar-refractivity contribution < 1.29 is 0 Å². The van der Waals surface area contributed by atoms with Gasteiger partial charge in [0.15, 0.2) is 0 Å². The number of aromatic nitrogens is 2. The minimum Gasteiger partial charge on any atom is -0.311 e. The maximum atomic E-state index is 4.45. The summed E-state index contributed by atoms with van der Waals surface area (Å²) >= 11 is 0. The summed E-state index contributed by atoms with van der Waals surface area (Å²) in [5, 5.41) is 7.95. The van der Waals surface area contributed by atoms with Gasteiger partial charge in [-0.1, -0.05) is 65.7 Å². The molecule has 0 aliphatic rings. The van der Waals surface area contributed by atoms with Crippen molar-refractivity contribution in [3.8, 4) is 0 Å². The molecule has 21 heavy (non-hydrogen) atoms. The molecule has 1 rings (SSSR count). The van der Waals surface area contributed by atoms with Crippen molar-refractivity contribution in [3.05, 3.63) is 18.0 Å². The van der Waals surface area contributed by atoms with Crippen molar-refractivity contribution in [2.45, 2.75) is 85.2 Å². The monoisotopic (exact) mass is 293 g/mol. The average molecular weight is 293 g/mol. The zero-order valence-electron chi connectivity index (χ0n) is 14.4. The molecule has 3 nitrogen and oxygen atoms in total.